The van der Waals surface area contributed by atoms with E-state index in [2.05, 4.69) is 30.6 Å². The Kier molecular flexibility index (Phi) is 2.78. The van der Waals surface area contributed by atoms with Crippen LogP contribution in [0.15, 0.2) is 21.4 Å². The van der Waals surface area contributed by atoms with E-state index in [4.69, 9.17) is 14.8 Å². The molecule has 9 nitrogen and oxygen atoms in total. The number of nitrogens with one attached hydrogen (secondary N) is 1. The average Bonchev–Trinajstić information content (AvgIpc) is 2.96. The molecule has 3 aromatic heterocycles. The predicted molar refractivity (Wildman–Crippen MR) is 69.0 cm³/mol. The van der Waals surface area contributed by atoms with Crippen molar-refractivity contribution in [3.05, 3.63) is 23.7 Å². The number of nitrogens with two attached hydrogens (primary N) is 1. The maximum Gasteiger partial charge on any atom is 0.328 e. The third-order valence-corrected chi connectivity index (χ3v) is 2.44. The molecule has 3 N–H and O–H groups in total. The van der Waals surface area contributed by atoms with Gasteiger partial charge in [0.2, 0.25) is 11.8 Å². The molecule has 0 saturated carbocycles. The number of rotatable bonds is 3. The lowest BCUT2D eigenvalue weighted by molar-refractivity contribution is 0.417. The van der Waals surface area contributed by atoms with Gasteiger partial charge in [0.05, 0.1) is 0 Å². The van der Waals surface area contributed by atoms with Gasteiger partial charge < -0.3 is 14.8 Å². The summed E-state index contributed by atoms with van der Waals surface area (Å²) in [4.78, 5) is 12.5. The van der Waals surface area contributed by atoms with E-state index in [1.165, 1.54) is 6.26 Å². The highest BCUT2D eigenvalue weighted by atomic mass is 16.5. The van der Waals surface area contributed by atoms with Crippen LogP contribution in [-0.2, 0) is 0 Å². The van der Waals surface area contributed by atoms with Crippen LogP contribution in [0.5, 0.6) is 0 Å². The molecular formula is C11H11N7O2. The van der Waals surface area contributed by atoms with Crippen molar-refractivity contribution in [2.45, 2.75) is 13.8 Å². The van der Waals surface area contributed by atoms with Crippen LogP contribution >= 0.6 is 0 Å². The van der Waals surface area contributed by atoms with Crippen molar-refractivity contribution < 1.29 is 9.05 Å². The predicted octanol–water partition coefficient (Wildman–Crippen LogP) is 1.46. The summed E-state index contributed by atoms with van der Waals surface area (Å²) < 4.78 is 9.75. The van der Waals surface area contributed by atoms with Gasteiger partial charge >= 0.3 is 6.01 Å². The van der Waals surface area contributed by atoms with Gasteiger partial charge in [-0.05, 0) is 19.9 Å². The van der Waals surface area contributed by atoms with Gasteiger partial charge in [-0.1, -0.05) is 10.3 Å². The highest BCUT2D eigenvalue weighted by molar-refractivity contribution is 5.65. The molecule has 0 spiro atoms. The first-order chi connectivity index (χ1) is 9.61. The van der Waals surface area contributed by atoms with E-state index in [0.29, 0.717) is 17.3 Å². The number of hydrogen-bond donors (Lipinski definition) is 2. The topological polar surface area (TPSA) is 129 Å². The van der Waals surface area contributed by atoms with Gasteiger partial charge in [0, 0.05) is 11.4 Å². The van der Waals surface area contributed by atoms with Gasteiger partial charge in [-0.3, -0.25) is 5.32 Å². The van der Waals surface area contributed by atoms with E-state index in [0.717, 1.165) is 11.4 Å². The molecule has 0 unspecified atom stereocenters. The summed E-state index contributed by atoms with van der Waals surface area (Å²) in [6.45, 7) is 3.74. The fourth-order valence-corrected chi connectivity index (χ4v) is 1.66. The Morgan fingerprint density at radius 1 is 1.10 bits per heavy atom. The summed E-state index contributed by atoms with van der Waals surface area (Å²) in [7, 11) is 0. The molecule has 20 heavy (non-hydrogen) atoms. The van der Waals surface area contributed by atoms with E-state index in [-0.39, 0.29) is 11.8 Å². The van der Waals surface area contributed by atoms with Crippen molar-refractivity contribution in [1.82, 2.24) is 25.3 Å². The van der Waals surface area contributed by atoms with Crippen molar-refractivity contribution in [3.8, 4) is 11.5 Å². The highest BCUT2D eigenvalue weighted by Crippen LogP contribution is 2.22. The molecule has 0 aliphatic heterocycles. The average molecular weight is 273 g/mol. The fraction of sp³-hybridized carbons (Fsp3) is 0.182. The van der Waals surface area contributed by atoms with Crippen LogP contribution in [0.1, 0.15) is 11.4 Å². The normalized spacial score (nSPS) is 10.7. The first kappa shape index (κ1) is 12.1. The molecule has 0 atom stereocenters. The molecule has 0 radical (unpaired) electrons. The molecule has 102 valence electrons. The summed E-state index contributed by atoms with van der Waals surface area (Å²) in [6, 6.07) is 2.01. The summed E-state index contributed by atoms with van der Waals surface area (Å²) >= 11 is 0. The van der Waals surface area contributed by atoms with Crippen LogP contribution in [0, 0.1) is 13.8 Å². The van der Waals surface area contributed by atoms with Crippen molar-refractivity contribution in [2.24, 2.45) is 0 Å². The smallest absolute Gasteiger partial charge is 0.328 e. The van der Waals surface area contributed by atoms with Gasteiger partial charge in [0.15, 0.2) is 5.69 Å². The number of hydrogen-bond acceptors (Lipinski definition) is 9. The maximum absolute atomic E-state index is 5.65. The van der Waals surface area contributed by atoms with Crippen LogP contribution < -0.4 is 11.1 Å². The number of nitrogens with zero attached hydrogens (tertiary/aromatic N) is 5. The first-order valence-electron chi connectivity index (χ1n) is 5.75. The van der Waals surface area contributed by atoms with Crippen molar-refractivity contribution in [1.29, 1.82) is 0 Å². The van der Waals surface area contributed by atoms with Gasteiger partial charge in [0.1, 0.15) is 12.0 Å². The molecule has 0 bridgehead atoms. The minimum Gasteiger partial charge on any atom is -0.394 e. The second-order valence-corrected chi connectivity index (χ2v) is 4.14. The molecular weight excluding hydrogens is 262 g/mol. The molecule has 0 aliphatic rings. The lowest BCUT2D eigenvalue weighted by Crippen LogP contribution is -2.00. The Hall–Kier alpha value is -2.97. The summed E-state index contributed by atoms with van der Waals surface area (Å²) in [5.41, 5.74) is 7.97. The lowest BCUT2D eigenvalue weighted by atomic mass is 10.4. The Labute approximate surface area is 113 Å². The van der Waals surface area contributed by atoms with Crippen LogP contribution in [0.4, 0.5) is 17.7 Å². The number of anilines is 3. The van der Waals surface area contributed by atoms with Crippen LogP contribution in [0.3, 0.4) is 0 Å². The molecule has 3 heterocycles. The number of aromatic nitrogens is 5. The molecule has 9 heteroatoms. The van der Waals surface area contributed by atoms with Crippen molar-refractivity contribution >= 4 is 17.7 Å². The molecule has 0 aliphatic carbocycles. The van der Waals surface area contributed by atoms with Crippen LogP contribution in [0.2, 0.25) is 0 Å². The van der Waals surface area contributed by atoms with Crippen LogP contribution in [-0.4, -0.2) is 25.3 Å². The van der Waals surface area contributed by atoms with E-state index >= 15 is 0 Å². The van der Waals surface area contributed by atoms with E-state index in [1.807, 2.05) is 19.9 Å². The number of nitrogen functional groups attached to an aromatic ring is 1. The molecule has 3 aromatic rings. The zero-order valence-electron chi connectivity index (χ0n) is 10.8. The first-order valence-corrected chi connectivity index (χ1v) is 5.75. The molecule has 0 fully saturated rings. The molecule has 0 saturated heterocycles. The second kappa shape index (κ2) is 4.61. The largest absolute Gasteiger partial charge is 0.394 e. The minimum atomic E-state index is 0.146. The highest BCUT2D eigenvalue weighted by Gasteiger charge is 2.15. The Morgan fingerprint density at radius 2 is 1.85 bits per heavy atom. The zero-order valence-corrected chi connectivity index (χ0v) is 10.8. The van der Waals surface area contributed by atoms with Gasteiger partial charge in [-0.25, -0.2) is 9.97 Å². The summed E-state index contributed by atoms with van der Waals surface area (Å²) in [5, 5.41) is 10.3. The van der Waals surface area contributed by atoms with Gasteiger partial charge in [-0.2, -0.15) is 4.98 Å². The van der Waals surface area contributed by atoms with E-state index < -0.39 is 0 Å². The van der Waals surface area contributed by atoms with E-state index in [1.54, 1.807) is 0 Å². The Morgan fingerprint density at radius 3 is 2.50 bits per heavy atom. The number of aryl methyl sites for hydroxylation is 2. The maximum atomic E-state index is 5.65. The minimum absolute atomic E-state index is 0.146. The van der Waals surface area contributed by atoms with Crippen molar-refractivity contribution in [2.75, 3.05) is 11.1 Å². The lowest BCUT2D eigenvalue weighted by Gasteiger charge is -2.01. The Bertz CT molecular complexity index is 729. The van der Waals surface area contributed by atoms with E-state index in [9.17, 15) is 0 Å². The fourth-order valence-electron chi connectivity index (χ4n) is 1.66. The third kappa shape index (κ3) is 2.28. The van der Waals surface area contributed by atoms with Crippen LogP contribution in [0.25, 0.3) is 11.5 Å². The zero-order chi connectivity index (χ0) is 14.1. The standard InChI is InChI=1S/C11H11N7O2/c1-5-3-6(2)14-10(13-5)16-11-15-9(18-20-11)8-7(12)4-19-17-8/h3-4H,12H2,1-2H3,(H,13,14,15,16,18). The quantitative estimate of drug-likeness (QED) is 0.728. The SMILES string of the molecule is Cc1cc(C)nc(Nc2nc(-c3nocc3N)no2)n1. The molecule has 0 amide bonds. The van der Waals surface area contributed by atoms with Gasteiger partial charge in [-0.15, -0.1) is 0 Å². The second-order valence-electron chi connectivity index (χ2n) is 4.14. The monoisotopic (exact) mass is 273 g/mol. The Balaban J connectivity index is 1.86. The molecule has 0 aromatic carbocycles. The van der Waals surface area contributed by atoms with Crippen molar-refractivity contribution in [3.63, 3.8) is 0 Å². The third-order valence-electron chi connectivity index (χ3n) is 2.44. The molecule has 3 rings (SSSR count). The summed E-state index contributed by atoms with van der Waals surface area (Å²) in [6.07, 6.45) is 1.30. The van der Waals surface area contributed by atoms with Gasteiger partial charge in [0.25, 0.3) is 0 Å². The summed E-state index contributed by atoms with van der Waals surface area (Å²) in [5.74, 6) is 0.606.